The SMILES string of the molecule is COc1ccc(N2C(=O)/C(=C/c3ccc([N+](=O)[O-])cc3)N=C2c2ccccc2)cc1. The number of rotatable bonds is 5. The fourth-order valence-corrected chi connectivity index (χ4v) is 3.12. The number of ether oxygens (including phenoxy) is 1. The molecule has 148 valence electrons. The quantitative estimate of drug-likeness (QED) is 0.361. The summed E-state index contributed by atoms with van der Waals surface area (Å²) in [5, 5.41) is 10.9. The van der Waals surface area contributed by atoms with Gasteiger partial charge in [0.25, 0.3) is 11.6 Å². The van der Waals surface area contributed by atoms with Crippen LogP contribution in [0.1, 0.15) is 11.1 Å². The molecule has 0 atom stereocenters. The van der Waals surface area contributed by atoms with E-state index in [0.717, 1.165) is 5.56 Å². The lowest BCUT2D eigenvalue weighted by Crippen LogP contribution is -2.32. The predicted octanol–water partition coefficient (Wildman–Crippen LogP) is 4.44. The normalized spacial score (nSPS) is 14.7. The molecule has 0 bridgehead atoms. The van der Waals surface area contributed by atoms with Crippen LogP contribution in [-0.2, 0) is 4.79 Å². The number of carbonyl (C=O) groups is 1. The van der Waals surface area contributed by atoms with Gasteiger partial charge in [-0.1, -0.05) is 30.3 Å². The van der Waals surface area contributed by atoms with Crippen molar-refractivity contribution in [1.29, 1.82) is 0 Å². The van der Waals surface area contributed by atoms with E-state index in [-0.39, 0.29) is 17.3 Å². The summed E-state index contributed by atoms with van der Waals surface area (Å²) in [6.45, 7) is 0. The number of nitrogens with zero attached hydrogens (tertiary/aromatic N) is 3. The molecule has 1 aliphatic heterocycles. The molecule has 3 aromatic rings. The van der Waals surface area contributed by atoms with Gasteiger partial charge in [-0.15, -0.1) is 0 Å². The number of nitro benzene ring substituents is 1. The van der Waals surface area contributed by atoms with Crippen molar-refractivity contribution in [3.63, 3.8) is 0 Å². The zero-order valence-corrected chi connectivity index (χ0v) is 16.1. The van der Waals surface area contributed by atoms with Crippen molar-refractivity contribution in [2.45, 2.75) is 0 Å². The van der Waals surface area contributed by atoms with E-state index in [1.54, 1.807) is 54.5 Å². The highest BCUT2D eigenvalue weighted by Crippen LogP contribution is 2.29. The highest BCUT2D eigenvalue weighted by atomic mass is 16.6. The number of methoxy groups -OCH3 is 1. The molecule has 3 aromatic carbocycles. The Balaban J connectivity index is 1.76. The molecule has 0 N–H and O–H groups in total. The minimum absolute atomic E-state index is 0.0109. The molecule has 0 saturated carbocycles. The van der Waals surface area contributed by atoms with Crippen molar-refractivity contribution in [3.8, 4) is 5.75 Å². The zero-order valence-electron chi connectivity index (χ0n) is 16.1. The summed E-state index contributed by atoms with van der Waals surface area (Å²) in [6, 6.07) is 22.6. The maximum Gasteiger partial charge on any atom is 0.282 e. The Morgan fingerprint density at radius 1 is 0.967 bits per heavy atom. The van der Waals surface area contributed by atoms with Gasteiger partial charge in [0.15, 0.2) is 0 Å². The van der Waals surface area contributed by atoms with E-state index >= 15 is 0 Å². The van der Waals surface area contributed by atoms with Gasteiger partial charge in [-0.05, 0) is 48.0 Å². The number of anilines is 1. The first-order valence-electron chi connectivity index (χ1n) is 9.15. The summed E-state index contributed by atoms with van der Waals surface area (Å²) in [5.41, 5.74) is 2.35. The average molecular weight is 399 g/mol. The summed E-state index contributed by atoms with van der Waals surface area (Å²) in [7, 11) is 1.58. The lowest BCUT2D eigenvalue weighted by molar-refractivity contribution is -0.384. The molecule has 1 amide bonds. The van der Waals surface area contributed by atoms with Gasteiger partial charge in [0.1, 0.15) is 17.3 Å². The van der Waals surface area contributed by atoms with Gasteiger partial charge < -0.3 is 4.74 Å². The first-order chi connectivity index (χ1) is 14.6. The van der Waals surface area contributed by atoms with Gasteiger partial charge in [-0.2, -0.15) is 0 Å². The van der Waals surface area contributed by atoms with E-state index in [1.807, 2.05) is 30.3 Å². The van der Waals surface area contributed by atoms with Crippen molar-refractivity contribution < 1.29 is 14.5 Å². The number of non-ortho nitro benzene ring substituents is 1. The maximum absolute atomic E-state index is 13.2. The van der Waals surface area contributed by atoms with Crippen LogP contribution in [0.2, 0.25) is 0 Å². The second-order valence-electron chi connectivity index (χ2n) is 6.52. The molecular formula is C23H17N3O4. The topological polar surface area (TPSA) is 85.0 Å². The Kier molecular flexibility index (Phi) is 5.09. The highest BCUT2D eigenvalue weighted by molar-refractivity contribution is 6.33. The first-order valence-corrected chi connectivity index (χ1v) is 9.15. The van der Waals surface area contributed by atoms with Gasteiger partial charge in [0, 0.05) is 17.7 Å². The largest absolute Gasteiger partial charge is 0.497 e. The van der Waals surface area contributed by atoms with Crippen molar-refractivity contribution in [2.75, 3.05) is 12.0 Å². The summed E-state index contributed by atoms with van der Waals surface area (Å²) in [4.78, 5) is 29.7. The number of hydrogen-bond acceptors (Lipinski definition) is 5. The number of amidine groups is 1. The van der Waals surface area contributed by atoms with Crippen LogP contribution in [0.15, 0.2) is 89.6 Å². The molecule has 30 heavy (non-hydrogen) atoms. The molecule has 0 spiro atoms. The monoisotopic (exact) mass is 399 g/mol. The first kappa shape index (κ1) is 19.1. The van der Waals surface area contributed by atoms with Gasteiger partial charge in [0.2, 0.25) is 0 Å². The highest BCUT2D eigenvalue weighted by Gasteiger charge is 2.32. The number of carbonyl (C=O) groups excluding carboxylic acids is 1. The second-order valence-corrected chi connectivity index (χ2v) is 6.52. The summed E-state index contributed by atoms with van der Waals surface area (Å²) in [5.74, 6) is 0.918. The molecule has 7 heteroatoms. The predicted molar refractivity (Wildman–Crippen MR) is 115 cm³/mol. The van der Waals surface area contributed by atoms with Gasteiger partial charge in [-0.25, -0.2) is 4.99 Å². The van der Waals surface area contributed by atoms with E-state index in [4.69, 9.17) is 4.74 Å². The van der Waals surface area contributed by atoms with Crippen LogP contribution in [0.3, 0.4) is 0 Å². The molecule has 0 fully saturated rings. The molecular weight excluding hydrogens is 382 g/mol. The summed E-state index contributed by atoms with van der Waals surface area (Å²) < 4.78 is 5.20. The van der Waals surface area contributed by atoms with Gasteiger partial charge >= 0.3 is 0 Å². The third kappa shape index (κ3) is 3.68. The van der Waals surface area contributed by atoms with E-state index in [0.29, 0.717) is 22.8 Å². The van der Waals surface area contributed by atoms with Crippen LogP contribution >= 0.6 is 0 Å². The van der Waals surface area contributed by atoms with Crippen LogP contribution in [0.5, 0.6) is 5.75 Å². The van der Waals surface area contributed by atoms with Crippen LogP contribution in [0, 0.1) is 10.1 Å². The van der Waals surface area contributed by atoms with Gasteiger partial charge in [-0.3, -0.25) is 19.8 Å². The Morgan fingerprint density at radius 3 is 2.23 bits per heavy atom. The van der Waals surface area contributed by atoms with Crippen molar-refractivity contribution in [2.24, 2.45) is 4.99 Å². The van der Waals surface area contributed by atoms with Crippen molar-refractivity contribution in [3.05, 3.63) is 106 Å². The van der Waals surface area contributed by atoms with Crippen LogP contribution in [0.4, 0.5) is 11.4 Å². The van der Waals surface area contributed by atoms with E-state index in [9.17, 15) is 14.9 Å². The number of nitro groups is 1. The standard InChI is InChI=1S/C23H17N3O4/c1-30-20-13-11-18(12-14-20)25-22(17-5-3-2-4-6-17)24-21(23(25)27)15-16-7-9-19(10-8-16)26(28)29/h2-15H,1H3/b21-15-. The third-order valence-electron chi connectivity index (χ3n) is 4.63. The summed E-state index contributed by atoms with van der Waals surface area (Å²) in [6.07, 6.45) is 1.62. The molecule has 0 aliphatic carbocycles. The Hall–Kier alpha value is -4.26. The number of hydrogen-bond donors (Lipinski definition) is 0. The molecule has 0 radical (unpaired) electrons. The molecule has 7 nitrogen and oxygen atoms in total. The fourth-order valence-electron chi connectivity index (χ4n) is 3.12. The minimum Gasteiger partial charge on any atom is -0.497 e. The van der Waals surface area contributed by atoms with Gasteiger partial charge in [0.05, 0.1) is 17.7 Å². The Bertz CT molecular complexity index is 1150. The smallest absolute Gasteiger partial charge is 0.282 e. The second kappa shape index (κ2) is 8.00. The van der Waals surface area contributed by atoms with Crippen molar-refractivity contribution >= 4 is 29.2 Å². The van der Waals surface area contributed by atoms with Crippen molar-refractivity contribution in [1.82, 2.24) is 0 Å². The maximum atomic E-state index is 13.2. The fraction of sp³-hybridized carbons (Fsp3) is 0.0435. The third-order valence-corrected chi connectivity index (χ3v) is 4.63. The van der Waals surface area contributed by atoms with E-state index < -0.39 is 4.92 Å². The van der Waals surface area contributed by atoms with Crippen LogP contribution < -0.4 is 9.64 Å². The minimum atomic E-state index is -0.464. The van der Waals surface area contributed by atoms with Crippen LogP contribution in [-0.4, -0.2) is 23.8 Å². The molecule has 0 unspecified atom stereocenters. The van der Waals surface area contributed by atoms with E-state index in [1.165, 1.54) is 12.1 Å². The number of benzene rings is 3. The molecule has 1 heterocycles. The molecule has 4 rings (SSSR count). The average Bonchev–Trinajstić information content (AvgIpc) is 3.10. The number of aliphatic imine (C=N–C) groups is 1. The Labute approximate surface area is 172 Å². The zero-order chi connectivity index (χ0) is 21.1. The lowest BCUT2D eigenvalue weighted by Gasteiger charge is -2.18. The molecule has 0 aromatic heterocycles. The summed E-state index contributed by atoms with van der Waals surface area (Å²) >= 11 is 0. The van der Waals surface area contributed by atoms with Crippen LogP contribution in [0.25, 0.3) is 6.08 Å². The lowest BCUT2D eigenvalue weighted by atomic mass is 10.1. The van der Waals surface area contributed by atoms with E-state index in [2.05, 4.69) is 4.99 Å². The molecule has 1 aliphatic rings. The molecule has 0 saturated heterocycles. The number of amides is 1. The Morgan fingerprint density at radius 2 is 1.63 bits per heavy atom.